The lowest BCUT2D eigenvalue weighted by atomic mass is 10.3. The number of aliphatic imine (C=N–C) groups is 1. The van der Waals surface area contributed by atoms with Crippen molar-refractivity contribution in [2.24, 2.45) is 4.99 Å². The third-order valence-corrected chi connectivity index (χ3v) is 4.18. The molecule has 1 aromatic carbocycles. The van der Waals surface area contributed by atoms with E-state index in [1.165, 1.54) is 0 Å². The molecule has 0 radical (unpaired) electrons. The molecule has 0 spiro atoms. The lowest BCUT2D eigenvalue weighted by molar-refractivity contribution is 0.281. The summed E-state index contributed by atoms with van der Waals surface area (Å²) in [6.45, 7) is 4.96. The fourth-order valence-electron chi connectivity index (χ4n) is 2.78. The van der Waals surface area contributed by atoms with Crippen LogP contribution in [0.3, 0.4) is 0 Å². The van der Waals surface area contributed by atoms with Crippen molar-refractivity contribution in [1.82, 2.24) is 19.6 Å². The summed E-state index contributed by atoms with van der Waals surface area (Å²) in [5, 5.41) is 3.34. The second-order valence-electron chi connectivity index (χ2n) is 6.27. The van der Waals surface area contributed by atoms with Crippen LogP contribution in [-0.2, 0) is 6.42 Å². The quantitative estimate of drug-likeness (QED) is 0.493. The molecule has 0 aliphatic rings. The first-order chi connectivity index (χ1) is 13.3. The fraction of sp³-hybridized carbons (Fsp3) is 0.333. The Bertz CT molecular complexity index is 826. The zero-order chi connectivity index (χ0) is 18.9. The molecule has 0 atom stereocenters. The Labute approximate surface area is 160 Å². The molecule has 0 saturated heterocycles. The minimum atomic E-state index is 0.608. The summed E-state index contributed by atoms with van der Waals surface area (Å²) >= 11 is 0. The summed E-state index contributed by atoms with van der Waals surface area (Å²) < 4.78 is 7.81. The van der Waals surface area contributed by atoms with Crippen molar-refractivity contribution in [1.29, 1.82) is 0 Å². The molecule has 0 bridgehead atoms. The van der Waals surface area contributed by atoms with E-state index in [1.54, 1.807) is 0 Å². The molecule has 27 heavy (non-hydrogen) atoms. The minimum Gasteiger partial charge on any atom is -0.492 e. The van der Waals surface area contributed by atoms with Crippen molar-refractivity contribution in [3.05, 3.63) is 66.6 Å². The van der Waals surface area contributed by atoms with Crippen molar-refractivity contribution in [3.63, 3.8) is 0 Å². The molecule has 0 amide bonds. The molecule has 1 N–H and O–H groups in total. The Morgan fingerprint density at radius 3 is 2.78 bits per heavy atom. The molecule has 142 valence electrons. The Morgan fingerprint density at radius 2 is 2.00 bits per heavy atom. The fourth-order valence-corrected chi connectivity index (χ4v) is 2.78. The smallest absolute Gasteiger partial charge is 0.193 e. The van der Waals surface area contributed by atoms with Gasteiger partial charge in [-0.3, -0.25) is 4.99 Å². The van der Waals surface area contributed by atoms with Crippen LogP contribution < -0.4 is 10.1 Å². The molecule has 6 nitrogen and oxygen atoms in total. The molecule has 0 aliphatic heterocycles. The lowest BCUT2D eigenvalue weighted by Crippen LogP contribution is -2.41. The zero-order valence-electron chi connectivity index (χ0n) is 16.0. The second-order valence-corrected chi connectivity index (χ2v) is 6.27. The van der Waals surface area contributed by atoms with Gasteiger partial charge < -0.3 is 19.4 Å². The highest BCUT2D eigenvalue weighted by atomic mass is 16.5. The molecule has 2 heterocycles. The Kier molecular flexibility index (Phi) is 6.68. The van der Waals surface area contributed by atoms with E-state index in [0.717, 1.165) is 42.6 Å². The van der Waals surface area contributed by atoms with E-state index in [0.29, 0.717) is 13.2 Å². The number of imidazole rings is 1. The van der Waals surface area contributed by atoms with Gasteiger partial charge in [-0.05, 0) is 31.2 Å². The average Bonchev–Trinajstić information content (AvgIpc) is 3.11. The average molecular weight is 365 g/mol. The molecule has 6 heteroatoms. The maximum Gasteiger partial charge on any atom is 0.193 e. The minimum absolute atomic E-state index is 0.608. The molecule has 3 rings (SSSR count). The van der Waals surface area contributed by atoms with Gasteiger partial charge in [0.25, 0.3) is 0 Å². The Hall–Kier alpha value is -3.02. The van der Waals surface area contributed by atoms with Crippen molar-refractivity contribution < 1.29 is 4.74 Å². The summed E-state index contributed by atoms with van der Waals surface area (Å²) in [5.41, 5.74) is 2.02. The molecule has 0 saturated carbocycles. The number of hydrogen-bond acceptors (Lipinski definition) is 3. The maximum atomic E-state index is 5.78. The molecule has 2 aromatic heterocycles. The number of benzene rings is 1. The van der Waals surface area contributed by atoms with Crippen LogP contribution in [0.1, 0.15) is 12.6 Å². The van der Waals surface area contributed by atoms with Crippen molar-refractivity contribution in [2.75, 3.05) is 33.3 Å². The highest BCUT2D eigenvalue weighted by molar-refractivity contribution is 5.79. The highest BCUT2D eigenvalue weighted by Gasteiger charge is 2.06. The van der Waals surface area contributed by atoms with E-state index in [1.807, 2.05) is 66.2 Å². The Balaban J connectivity index is 1.51. The maximum absolute atomic E-state index is 5.78. The van der Waals surface area contributed by atoms with Crippen molar-refractivity contribution in [3.8, 4) is 5.75 Å². The number of nitrogens with one attached hydrogen (secondary N) is 1. The number of aromatic nitrogens is 2. The summed E-state index contributed by atoms with van der Waals surface area (Å²) in [7, 11) is 2.03. The van der Waals surface area contributed by atoms with Gasteiger partial charge in [0.15, 0.2) is 5.96 Å². The van der Waals surface area contributed by atoms with E-state index < -0.39 is 0 Å². The third-order valence-electron chi connectivity index (χ3n) is 4.18. The normalized spacial score (nSPS) is 11.6. The first-order valence-electron chi connectivity index (χ1n) is 9.36. The molecule has 0 aliphatic carbocycles. The largest absolute Gasteiger partial charge is 0.492 e. The first-order valence-corrected chi connectivity index (χ1v) is 9.36. The van der Waals surface area contributed by atoms with Crippen LogP contribution in [0, 0.1) is 0 Å². The summed E-state index contributed by atoms with van der Waals surface area (Å²) in [5.74, 6) is 1.78. The summed E-state index contributed by atoms with van der Waals surface area (Å²) in [6.07, 6.45) is 4.89. The number of para-hydroxylation sites is 1. The highest BCUT2D eigenvalue weighted by Crippen LogP contribution is 2.08. The number of pyridine rings is 1. The number of fused-ring (bicyclic) bond motifs is 1. The van der Waals surface area contributed by atoms with Crippen LogP contribution in [0.2, 0.25) is 0 Å². The Morgan fingerprint density at radius 1 is 1.19 bits per heavy atom. The molecular weight excluding hydrogens is 338 g/mol. The van der Waals surface area contributed by atoms with Crippen LogP contribution in [0.15, 0.2) is 65.9 Å². The van der Waals surface area contributed by atoms with Crippen LogP contribution >= 0.6 is 0 Å². The van der Waals surface area contributed by atoms with E-state index in [4.69, 9.17) is 9.73 Å². The number of nitrogens with zero attached hydrogens (tertiary/aromatic N) is 4. The number of likely N-dealkylation sites (N-methyl/N-ethyl adjacent to an activating group) is 1. The number of hydrogen-bond donors (Lipinski definition) is 1. The molecular formula is C21H27N5O. The predicted molar refractivity (Wildman–Crippen MR) is 109 cm³/mol. The molecule has 0 fully saturated rings. The standard InChI is InChI=1S/C21H27N5O/c1-3-22-21(25(2)15-16-27-19-9-5-4-6-10-19)23-13-12-18-17-26-14-8-7-11-20(26)24-18/h4-11,14,17H,3,12-13,15-16H2,1-2H3,(H,22,23). The number of guanidine groups is 1. The lowest BCUT2D eigenvalue weighted by Gasteiger charge is -2.22. The SMILES string of the molecule is CCNC(=NCCc1cn2ccccc2n1)N(C)CCOc1ccccc1. The van der Waals surface area contributed by atoms with Gasteiger partial charge in [0, 0.05) is 39.0 Å². The van der Waals surface area contributed by atoms with Gasteiger partial charge in [0.1, 0.15) is 18.0 Å². The van der Waals surface area contributed by atoms with Gasteiger partial charge in [-0.2, -0.15) is 0 Å². The van der Waals surface area contributed by atoms with Crippen molar-refractivity contribution in [2.45, 2.75) is 13.3 Å². The summed E-state index contributed by atoms with van der Waals surface area (Å²) in [6, 6.07) is 15.9. The van der Waals surface area contributed by atoms with E-state index in [-0.39, 0.29) is 0 Å². The number of ether oxygens (including phenoxy) is 1. The van der Waals surface area contributed by atoms with Crippen molar-refractivity contribution >= 4 is 11.6 Å². The zero-order valence-corrected chi connectivity index (χ0v) is 16.0. The topological polar surface area (TPSA) is 54.2 Å². The van der Waals surface area contributed by atoms with Crippen LogP contribution in [0.25, 0.3) is 5.65 Å². The van der Waals surface area contributed by atoms with Gasteiger partial charge in [0.2, 0.25) is 0 Å². The monoisotopic (exact) mass is 365 g/mol. The van der Waals surface area contributed by atoms with Crippen LogP contribution in [0.5, 0.6) is 5.75 Å². The predicted octanol–water partition coefficient (Wildman–Crippen LogP) is 2.85. The third kappa shape index (κ3) is 5.48. The molecule has 0 unspecified atom stereocenters. The van der Waals surface area contributed by atoms with Crippen LogP contribution in [-0.4, -0.2) is 53.5 Å². The summed E-state index contributed by atoms with van der Waals surface area (Å²) in [4.78, 5) is 11.4. The van der Waals surface area contributed by atoms with E-state index in [9.17, 15) is 0 Å². The number of rotatable bonds is 8. The first kappa shape index (κ1) is 18.8. The van der Waals surface area contributed by atoms with Gasteiger partial charge in [-0.1, -0.05) is 24.3 Å². The van der Waals surface area contributed by atoms with Gasteiger partial charge in [-0.15, -0.1) is 0 Å². The van der Waals surface area contributed by atoms with Crippen LogP contribution in [0.4, 0.5) is 0 Å². The van der Waals surface area contributed by atoms with Gasteiger partial charge in [0.05, 0.1) is 12.2 Å². The molecule has 3 aromatic rings. The van der Waals surface area contributed by atoms with Gasteiger partial charge in [-0.25, -0.2) is 4.98 Å². The van der Waals surface area contributed by atoms with Gasteiger partial charge >= 0.3 is 0 Å². The van der Waals surface area contributed by atoms with E-state index in [2.05, 4.69) is 28.3 Å². The second kappa shape index (κ2) is 9.62. The van der Waals surface area contributed by atoms with E-state index >= 15 is 0 Å².